The lowest BCUT2D eigenvalue weighted by Crippen LogP contribution is -2.15. The van der Waals surface area contributed by atoms with Gasteiger partial charge >= 0.3 is 0 Å². The van der Waals surface area contributed by atoms with Crippen LogP contribution in [0.1, 0.15) is 44.6 Å². The van der Waals surface area contributed by atoms with Crippen LogP contribution in [0.2, 0.25) is 0 Å². The number of hydrogen-bond donors (Lipinski definition) is 0. The minimum Gasteiger partial charge on any atom is -0.379 e. The summed E-state index contributed by atoms with van der Waals surface area (Å²) in [6.45, 7) is 14.6. The standard InChI is InChI=1S/C34H62O11/c1-2-3-4-5-9-12-35-13-14-36-15-16-37-17-18-38-19-20-39-21-22-40-23-24-41-25-26-42-27-28-43-29-30-44-31-32-45-33-34-10-7-6-8-11-34/h6-8,10-11H,2-5,9,12-33H2,1H3. The predicted octanol–water partition coefficient (Wildman–Crippen LogP) is 4.34. The molecule has 11 heteroatoms. The Morgan fingerprint density at radius 3 is 0.933 bits per heavy atom. The molecule has 0 bridgehead atoms. The van der Waals surface area contributed by atoms with E-state index in [4.69, 9.17) is 52.1 Å². The summed E-state index contributed by atoms with van der Waals surface area (Å²) in [5.74, 6) is 0. The van der Waals surface area contributed by atoms with Crippen molar-refractivity contribution in [1.82, 2.24) is 0 Å². The average molecular weight is 647 g/mol. The van der Waals surface area contributed by atoms with Crippen molar-refractivity contribution in [3.8, 4) is 0 Å². The van der Waals surface area contributed by atoms with Crippen molar-refractivity contribution in [2.24, 2.45) is 0 Å². The lowest BCUT2D eigenvalue weighted by atomic mass is 10.2. The van der Waals surface area contributed by atoms with Gasteiger partial charge < -0.3 is 52.1 Å². The van der Waals surface area contributed by atoms with Gasteiger partial charge in [-0.3, -0.25) is 0 Å². The fourth-order valence-corrected chi connectivity index (χ4v) is 3.77. The summed E-state index contributed by atoms with van der Waals surface area (Å²) >= 11 is 0. The van der Waals surface area contributed by atoms with Gasteiger partial charge in [-0.25, -0.2) is 0 Å². The van der Waals surface area contributed by atoms with E-state index in [-0.39, 0.29) is 0 Å². The molecule has 0 aliphatic carbocycles. The largest absolute Gasteiger partial charge is 0.379 e. The van der Waals surface area contributed by atoms with Crippen LogP contribution in [0.3, 0.4) is 0 Å². The van der Waals surface area contributed by atoms with Crippen molar-refractivity contribution < 1.29 is 52.1 Å². The second-order valence-electron chi connectivity index (χ2n) is 10.1. The van der Waals surface area contributed by atoms with Crippen molar-refractivity contribution in [3.05, 3.63) is 35.9 Å². The van der Waals surface area contributed by atoms with Crippen LogP contribution >= 0.6 is 0 Å². The molecule has 0 radical (unpaired) electrons. The molecule has 0 heterocycles. The molecule has 264 valence electrons. The Morgan fingerprint density at radius 2 is 0.600 bits per heavy atom. The molecule has 0 fully saturated rings. The molecule has 0 unspecified atom stereocenters. The zero-order valence-electron chi connectivity index (χ0n) is 28.0. The van der Waals surface area contributed by atoms with Crippen molar-refractivity contribution in [2.45, 2.75) is 45.6 Å². The molecule has 0 atom stereocenters. The monoisotopic (exact) mass is 646 g/mol. The third-order valence-corrected chi connectivity index (χ3v) is 6.22. The molecule has 1 rings (SSSR count). The third kappa shape index (κ3) is 33.9. The molecule has 0 aromatic heterocycles. The van der Waals surface area contributed by atoms with E-state index in [0.29, 0.717) is 139 Å². The Bertz CT molecular complexity index is 669. The van der Waals surface area contributed by atoms with E-state index in [1.165, 1.54) is 25.7 Å². The van der Waals surface area contributed by atoms with E-state index in [0.717, 1.165) is 18.6 Å². The molecule has 45 heavy (non-hydrogen) atoms. The van der Waals surface area contributed by atoms with Crippen molar-refractivity contribution in [2.75, 3.05) is 139 Å². The Labute approximate surface area is 272 Å². The van der Waals surface area contributed by atoms with Gasteiger partial charge in [0.2, 0.25) is 0 Å². The summed E-state index contributed by atoms with van der Waals surface area (Å²) in [7, 11) is 0. The first-order valence-corrected chi connectivity index (χ1v) is 16.8. The van der Waals surface area contributed by atoms with Crippen LogP contribution in [-0.2, 0) is 58.7 Å². The van der Waals surface area contributed by atoms with Gasteiger partial charge in [-0.05, 0) is 12.0 Å². The maximum absolute atomic E-state index is 5.57. The fraction of sp³-hybridized carbons (Fsp3) is 0.824. The van der Waals surface area contributed by atoms with Crippen LogP contribution in [0, 0.1) is 0 Å². The van der Waals surface area contributed by atoms with Crippen LogP contribution in [0.15, 0.2) is 30.3 Å². The summed E-state index contributed by atoms with van der Waals surface area (Å²) in [5, 5.41) is 0. The first kappa shape index (κ1) is 41.8. The fourth-order valence-electron chi connectivity index (χ4n) is 3.77. The molecular weight excluding hydrogens is 584 g/mol. The van der Waals surface area contributed by atoms with Gasteiger partial charge in [-0.2, -0.15) is 0 Å². The molecule has 0 aliphatic rings. The van der Waals surface area contributed by atoms with Gasteiger partial charge in [0.15, 0.2) is 0 Å². The van der Waals surface area contributed by atoms with E-state index in [1.54, 1.807) is 0 Å². The maximum Gasteiger partial charge on any atom is 0.0718 e. The van der Waals surface area contributed by atoms with E-state index in [2.05, 4.69) is 6.92 Å². The van der Waals surface area contributed by atoms with Crippen LogP contribution < -0.4 is 0 Å². The summed E-state index contributed by atoms with van der Waals surface area (Å²) in [5.41, 5.74) is 1.16. The molecule has 0 N–H and O–H groups in total. The lowest BCUT2D eigenvalue weighted by molar-refractivity contribution is -0.0277. The Morgan fingerprint density at radius 1 is 0.311 bits per heavy atom. The van der Waals surface area contributed by atoms with Crippen molar-refractivity contribution in [3.63, 3.8) is 0 Å². The predicted molar refractivity (Wildman–Crippen MR) is 173 cm³/mol. The lowest BCUT2D eigenvalue weighted by Gasteiger charge is -2.09. The minimum absolute atomic E-state index is 0.521. The third-order valence-electron chi connectivity index (χ3n) is 6.22. The van der Waals surface area contributed by atoms with Crippen molar-refractivity contribution in [1.29, 1.82) is 0 Å². The quantitative estimate of drug-likeness (QED) is 0.0960. The molecule has 0 amide bonds. The van der Waals surface area contributed by atoms with Crippen LogP contribution in [0.5, 0.6) is 0 Å². The van der Waals surface area contributed by atoms with E-state index >= 15 is 0 Å². The van der Waals surface area contributed by atoms with Gasteiger partial charge in [0, 0.05) is 6.61 Å². The molecule has 0 saturated heterocycles. The molecule has 0 saturated carbocycles. The Hall–Kier alpha value is -1.22. The normalized spacial score (nSPS) is 11.5. The average Bonchev–Trinajstić information content (AvgIpc) is 3.06. The molecule has 0 spiro atoms. The van der Waals surface area contributed by atoms with Crippen LogP contribution in [-0.4, -0.2) is 139 Å². The smallest absolute Gasteiger partial charge is 0.0718 e. The highest BCUT2D eigenvalue weighted by Gasteiger charge is 1.97. The van der Waals surface area contributed by atoms with E-state index < -0.39 is 0 Å². The topological polar surface area (TPSA) is 102 Å². The molecular formula is C34H62O11. The minimum atomic E-state index is 0.521. The van der Waals surface area contributed by atoms with Crippen LogP contribution in [0.25, 0.3) is 0 Å². The number of rotatable bonds is 38. The summed E-state index contributed by atoms with van der Waals surface area (Å²) in [4.78, 5) is 0. The molecule has 1 aromatic carbocycles. The van der Waals surface area contributed by atoms with Gasteiger partial charge in [0.25, 0.3) is 0 Å². The Balaban J connectivity index is 1.61. The highest BCUT2D eigenvalue weighted by molar-refractivity contribution is 5.13. The number of ether oxygens (including phenoxy) is 11. The first-order chi connectivity index (χ1) is 22.4. The second-order valence-corrected chi connectivity index (χ2v) is 10.1. The number of benzene rings is 1. The highest BCUT2D eigenvalue weighted by atomic mass is 16.6. The van der Waals surface area contributed by atoms with Crippen LogP contribution in [0.4, 0.5) is 0 Å². The van der Waals surface area contributed by atoms with Gasteiger partial charge in [0.05, 0.1) is 139 Å². The second kappa shape index (κ2) is 37.2. The number of unbranched alkanes of at least 4 members (excludes halogenated alkanes) is 4. The number of hydrogen-bond acceptors (Lipinski definition) is 11. The van der Waals surface area contributed by atoms with E-state index in [9.17, 15) is 0 Å². The summed E-state index contributed by atoms with van der Waals surface area (Å²) in [6.07, 6.45) is 6.29. The van der Waals surface area contributed by atoms with Crippen molar-refractivity contribution >= 4 is 0 Å². The maximum atomic E-state index is 5.57. The Kier molecular flexibility index (Phi) is 34.6. The zero-order valence-corrected chi connectivity index (χ0v) is 28.0. The molecule has 0 aliphatic heterocycles. The van der Waals surface area contributed by atoms with E-state index in [1.807, 2.05) is 30.3 Å². The SMILES string of the molecule is CCCCCCCOCCOCCOCCOCCOCCOCCOCCOCCOCCOCCOCc1ccccc1. The highest BCUT2D eigenvalue weighted by Crippen LogP contribution is 2.02. The van der Waals surface area contributed by atoms with Gasteiger partial charge in [0.1, 0.15) is 0 Å². The first-order valence-electron chi connectivity index (χ1n) is 16.8. The zero-order chi connectivity index (χ0) is 32.0. The molecule has 11 nitrogen and oxygen atoms in total. The molecule has 1 aromatic rings. The van der Waals surface area contributed by atoms with Gasteiger partial charge in [-0.15, -0.1) is 0 Å². The summed E-state index contributed by atoms with van der Waals surface area (Å²) in [6, 6.07) is 10.1. The summed E-state index contributed by atoms with van der Waals surface area (Å²) < 4.78 is 60.6. The van der Waals surface area contributed by atoms with Gasteiger partial charge in [-0.1, -0.05) is 62.9 Å².